The van der Waals surface area contributed by atoms with E-state index < -0.39 is 0 Å². The van der Waals surface area contributed by atoms with Crippen LogP contribution in [0.5, 0.6) is 0 Å². The molecular weight excluding hydrogens is 214 g/mol. The average Bonchev–Trinajstić information content (AvgIpc) is 2.25. The lowest BCUT2D eigenvalue weighted by molar-refractivity contribution is -0.122. The molecule has 4 heteroatoms. The smallest absolute Gasteiger partial charge is 0.234 e. The average molecular weight is 233 g/mol. The fourth-order valence-corrected chi connectivity index (χ4v) is 1.79. The molecule has 1 aromatic carbocycles. The van der Waals surface area contributed by atoms with Gasteiger partial charge in [0.15, 0.2) is 0 Å². The number of hydrogen-bond donors (Lipinski definition) is 2. The zero-order chi connectivity index (χ0) is 12.1. The van der Waals surface area contributed by atoms with E-state index in [0.717, 1.165) is 18.7 Å². The molecule has 17 heavy (non-hydrogen) atoms. The third-order valence-electron chi connectivity index (χ3n) is 3.11. The van der Waals surface area contributed by atoms with Gasteiger partial charge < -0.3 is 10.6 Å². The highest BCUT2D eigenvalue weighted by molar-refractivity contribution is 5.78. The number of rotatable bonds is 5. The van der Waals surface area contributed by atoms with E-state index in [2.05, 4.69) is 15.5 Å². The molecular formula is C13H19N3O. The van der Waals surface area contributed by atoms with Crippen molar-refractivity contribution in [2.45, 2.75) is 12.6 Å². The van der Waals surface area contributed by atoms with E-state index in [9.17, 15) is 4.79 Å². The Balaban J connectivity index is 1.70. The van der Waals surface area contributed by atoms with Crippen LogP contribution in [-0.2, 0) is 11.3 Å². The molecule has 2 N–H and O–H groups in total. The van der Waals surface area contributed by atoms with Crippen molar-refractivity contribution in [3.8, 4) is 0 Å². The van der Waals surface area contributed by atoms with Crippen molar-refractivity contribution in [1.82, 2.24) is 15.5 Å². The number of amides is 1. The van der Waals surface area contributed by atoms with Gasteiger partial charge in [0.1, 0.15) is 0 Å². The topological polar surface area (TPSA) is 44.4 Å². The zero-order valence-corrected chi connectivity index (χ0v) is 10.1. The highest BCUT2D eigenvalue weighted by atomic mass is 16.2. The first kappa shape index (κ1) is 12.1. The van der Waals surface area contributed by atoms with Crippen LogP contribution in [0, 0.1) is 0 Å². The van der Waals surface area contributed by atoms with Gasteiger partial charge in [0.25, 0.3) is 0 Å². The molecule has 1 saturated heterocycles. The molecule has 1 aliphatic rings. The number of likely N-dealkylation sites (N-methyl/N-ethyl adjacent to an activating group) is 1. The monoisotopic (exact) mass is 233 g/mol. The van der Waals surface area contributed by atoms with Crippen LogP contribution in [0.15, 0.2) is 30.3 Å². The molecule has 1 heterocycles. The summed E-state index contributed by atoms with van der Waals surface area (Å²) in [4.78, 5) is 13.8. The Morgan fingerprint density at radius 1 is 1.41 bits per heavy atom. The van der Waals surface area contributed by atoms with Gasteiger partial charge in [-0.1, -0.05) is 30.3 Å². The number of carbonyl (C=O) groups excluding carboxylic acids is 1. The summed E-state index contributed by atoms with van der Waals surface area (Å²) in [7, 11) is 1.99. The maximum absolute atomic E-state index is 11.7. The lowest BCUT2D eigenvalue weighted by Gasteiger charge is -2.35. The van der Waals surface area contributed by atoms with Gasteiger partial charge in [-0.3, -0.25) is 9.69 Å². The molecule has 0 aliphatic carbocycles. The molecule has 2 rings (SSSR count). The second-order valence-corrected chi connectivity index (χ2v) is 4.49. The zero-order valence-electron chi connectivity index (χ0n) is 10.1. The molecule has 1 aromatic rings. The first-order valence-electron chi connectivity index (χ1n) is 5.97. The standard InChI is InChI=1S/C13H19N3O/c1-16(12-8-14-9-12)10-13(17)15-7-11-5-3-2-4-6-11/h2-6,12,14H,7-10H2,1H3,(H,15,17). The minimum atomic E-state index is 0.0863. The molecule has 0 atom stereocenters. The van der Waals surface area contributed by atoms with Crippen LogP contribution in [0.1, 0.15) is 5.56 Å². The van der Waals surface area contributed by atoms with Gasteiger partial charge in [-0.2, -0.15) is 0 Å². The number of benzene rings is 1. The van der Waals surface area contributed by atoms with Crippen molar-refractivity contribution in [1.29, 1.82) is 0 Å². The van der Waals surface area contributed by atoms with E-state index in [4.69, 9.17) is 0 Å². The van der Waals surface area contributed by atoms with E-state index >= 15 is 0 Å². The predicted octanol–water partition coefficient (Wildman–Crippen LogP) is 0.206. The van der Waals surface area contributed by atoms with E-state index in [1.165, 1.54) is 0 Å². The quantitative estimate of drug-likeness (QED) is 0.764. The second kappa shape index (κ2) is 5.80. The summed E-state index contributed by atoms with van der Waals surface area (Å²) in [6, 6.07) is 10.5. The molecule has 0 bridgehead atoms. The molecule has 0 aromatic heterocycles. The van der Waals surface area contributed by atoms with Crippen molar-refractivity contribution in [2.75, 3.05) is 26.7 Å². The summed E-state index contributed by atoms with van der Waals surface area (Å²) < 4.78 is 0. The molecule has 0 unspecified atom stereocenters. The first-order valence-corrected chi connectivity index (χ1v) is 5.97. The molecule has 1 fully saturated rings. The Kier molecular flexibility index (Phi) is 4.12. The van der Waals surface area contributed by atoms with Gasteiger partial charge in [-0.05, 0) is 12.6 Å². The molecule has 92 valence electrons. The SMILES string of the molecule is CN(CC(=O)NCc1ccccc1)C1CNC1. The fourth-order valence-electron chi connectivity index (χ4n) is 1.79. The number of nitrogens with zero attached hydrogens (tertiary/aromatic N) is 1. The third-order valence-corrected chi connectivity index (χ3v) is 3.11. The first-order chi connectivity index (χ1) is 8.25. The second-order valence-electron chi connectivity index (χ2n) is 4.49. The largest absolute Gasteiger partial charge is 0.351 e. The van der Waals surface area contributed by atoms with E-state index in [0.29, 0.717) is 19.1 Å². The van der Waals surface area contributed by atoms with Gasteiger partial charge in [-0.15, -0.1) is 0 Å². The van der Waals surface area contributed by atoms with Crippen LogP contribution in [0.25, 0.3) is 0 Å². The Bertz CT molecular complexity index is 362. The maximum Gasteiger partial charge on any atom is 0.234 e. The summed E-state index contributed by atoms with van der Waals surface area (Å²) in [5.41, 5.74) is 1.13. The summed E-state index contributed by atoms with van der Waals surface area (Å²) in [5.74, 6) is 0.0863. The molecule has 4 nitrogen and oxygen atoms in total. The Hall–Kier alpha value is -1.39. The minimum Gasteiger partial charge on any atom is -0.351 e. The van der Waals surface area contributed by atoms with Crippen molar-refractivity contribution in [2.24, 2.45) is 0 Å². The lowest BCUT2D eigenvalue weighted by Crippen LogP contribution is -2.57. The molecule has 0 spiro atoms. The number of nitrogens with one attached hydrogen (secondary N) is 2. The maximum atomic E-state index is 11.7. The Morgan fingerprint density at radius 2 is 2.12 bits per heavy atom. The molecule has 1 amide bonds. The third kappa shape index (κ3) is 3.54. The highest BCUT2D eigenvalue weighted by Crippen LogP contribution is 2.01. The summed E-state index contributed by atoms with van der Waals surface area (Å²) in [6.07, 6.45) is 0. The van der Waals surface area contributed by atoms with Crippen LogP contribution in [0.2, 0.25) is 0 Å². The van der Waals surface area contributed by atoms with Crippen LogP contribution in [0.3, 0.4) is 0 Å². The lowest BCUT2D eigenvalue weighted by atomic mass is 10.1. The summed E-state index contributed by atoms with van der Waals surface area (Å²) in [5, 5.41) is 6.13. The highest BCUT2D eigenvalue weighted by Gasteiger charge is 2.22. The Morgan fingerprint density at radius 3 is 2.71 bits per heavy atom. The van der Waals surface area contributed by atoms with Crippen LogP contribution in [0.4, 0.5) is 0 Å². The van der Waals surface area contributed by atoms with Gasteiger partial charge in [0.05, 0.1) is 6.54 Å². The normalized spacial score (nSPS) is 15.6. The van der Waals surface area contributed by atoms with Crippen LogP contribution < -0.4 is 10.6 Å². The van der Waals surface area contributed by atoms with Gasteiger partial charge in [-0.25, -0.2) is 0 Å². The number of hydrogen-bond acceptors (Lipinski definition) is 3. The summed E-state index contributed by atoms with van der Waals surface area (Å²) in [6.45, 7) is 3.06. The van der Waals surface area contributed by atoms with Crippen molar-refractivity contribution >= 4 is 5.91 Å². The molecule has 0 saturated carbocycles. The van der Waals surface area contributed by atoms with Crippen molar-refractivity contribution < 1.29 is 4.79 Å². The van der Waals surface area contributed by atoms with Crippen LogP contribution in [-0.4, -0.2) is 43.5 Å². The van der Waals surface area contributed by atoms with Crippen LogP contribution >= 0.6 is 0 Å². The van der Waals surface area contributed by atoms with Crippen molar-refractivity contribution in [3.63, 3.8) is 0 Å². The van der Waals surface area contributed by atoms with Gasteiger partial charge >= 0.3 is 0 Å². The van der Waals surface area contributed by atoms with Gasteiger partial charge in [0, 0.05) is 25.7 Å². The van der Waals surface area contributed by atoms with Gasteiger partial charge in [0.2, 0.25) is 5.91 Å². The van der Waals surface area contributed by atoms with E-state index in [1.807, 2.05) is 37.4 Å². The molecule has 1 aliphatic heterocycles. The van der Waals surface area contributed by atoms with Crippen molar-refractivity contribution in [3.05, 3.63) is 35.9 Å². The van der Waals surface area contributed by atoms with E-state index in [1.54, 1.807) is 0 Å². The summed E-state index contributed by atoms with van der Waals surface area (Å²) >= 11 is 0. The predicted molar refractivity (Wildman–Crippen MR) is 67.6 cm³/mol. The number of carbonyl (C=O) groups is 1. The fraction of sp³-hybridized carbons (Fsp3) is 0.462. The Labute approximate surface area is 102 Å². The van der Waals surface area contributed by atoms with E-state index in [-0.39, 0.29) is 5.91 Å². The molecule has 0 radical (unpaired) electrons. The minimum absolute atomic E-state index is 0.0863.